The third-order valence-electron chi connectivity index (χ3n) is 2.53. The van der Waals surface area contributed by atoms with Crippen LogP contribution < -0.4 is 5.73 Å². The van der Waals surface area contributed by atoms with Crippen molar-refractivity contribution in [2.45, 2.75) is 25.3 Å². The van der Waals surface area contributed by atoms with Gasteiger partial charge in [-0.15, -0.1) is 6.58 Å². The summed E-state index contributed by atoms with van der Waals surface area (Å²) in [6.07, 6.45) is 4.01. The number of hydrogen-bond donors (Lipinski definition) is 1. The predicted molar refractivity (Wildman–Crippen MR) is 57.3 cm³/mol. The molecular weight excluding hydrogens is 194 g/mol. The maximum absolute atomic E-state index is 11.3. The van der Waals surface area contributed by atoms with Gasteiger partial charge >= 0.3 is 5.97 Å². The Hall–Kier alpha value is -0.870. The average molecular weight is 213 g/mol. The quantitative estimate of drug-likeness (QED) is 0.543. The van der Waals surface area contributed by atoms with Gasteiger partial charge < -0.3 is 15.2 Å². The van der Waals surface area contributed by atoms with Gasteiger partial charge in [-0.25, -0.2) is 0 Å². The van der Waals surface area contributed by atoms with Crippen LogP contribution in [0.25, 0.3) is 0 Å². The normalized spacial score (nSPS) is 19.5. The molecule has 1 rings (SSSR count). The van der Waals surface area contributed by atoms with Crippen molar-refractivity contribution in [3.63, 3.8) is 0 Å². The highest BCUT2D eigenvalue weighted by molar-refractivity contribution is 5.75. The van der Waals surface area contributed by atoms with E-state index in [1.807, 2.05) is 0 Å². The van der Waals surface area contributed by atoms with Crippen molar-refractivity contribution in [2.75, 3.05) is 19.8 Å². The topological polar surface area (TPSA) is 61.6 Å². The van der Waals surface area contributed by atoms with Gasteiger partial charge in [0.15, 0.2) is 0 Å². The number of nitrogens with two attached hydrogens (primary N) is 1. The van der Waals surface area contributed by atoms with Gasteiger partial charge in [0.05, 0.1) is 6.61 Å². The Bertz CT molecular complexity index is 212. The molecule has 1 heterocycles. The van der Waals surface area contributed by atoms with Gasteiger partial charge in [-0.1, -0.05) is 6.08 Å². The zero-order valence-electron chi connectivity index (χ0n) is 8.98. The smallest absolute Gasteiger partial charge is 0.323 e. The van der Waals surface area contributed by atoms with Gasteiger partial charge in [0.2, 0.25) is 0 Å². The Balaban J connectivity index is 2.17. The Labute approximate surface area is 90.4 Å². The van der Waals surface area contributed by atoms with E-state index in [0.717, 1.165) is 26.1 Å². The van der Waals surface area contributed by atoms with E-state index in [1.54, 1.807) is 6.08 Å². The first-order valence-electron chi connectivity index (χ1n) is 5.35. The SMILES string of the molecule is C=CCC(N)C(=O)OCC1CCOCC1. The van der Waals surface area contributed by atoms with Crippen LogP contribution in [0.15, 0.2) is 12.7 Å². The minimum Gasteiger partial charge on any atom is -0.464 e. The van der Waals surface area contributed by atoms with Gasteiger partial charge in [-0.05, 0) is 25.2 Å². The molecule has 1 aliphatic heterocycles. The number of ether oxygens (including phenoxy) is 2. The van der Waals surface area contributed by atoms with Gasteiger partial charge in [0.1, 0.15) is 6.04 Å². The third kappa shape index (κ3) is 4.44. The molecular formula is C11H19NO3. The molecule has 0 aromatic carbocycles. The van der Waals surface area contributed by atoms with Crippen LogP contribution in [0.4, 0.5) is 0 Å². The Kier molecular flexibility index (Phi) is 5.36. The first kappa shape index (κ1) is 12.2. The summed E-state index contributed by atoms with van der Waals surface area (Å²) in [5.41, 5.74) is 5.57. The summed E-state index contributed by atoms with van der Waals surface area (Å²) >= 11 is 0. The van der Waals surface area contributed by atoms with Crippen LogP contribution in [-0.4, -0.2) is 31.8 Å². The van der Waals surface area contributed by atoms with E-state index in [-0.39, 0.29) is 5.97 Å². The Morgan fingerprint density at radius 2 is 2.27 bits per heavy atom. The molecule has 1 saturated heterocycles. The molecule has 0 spiro atoms. The highest BCUT2D eigenvalue weighted by Crippen LogP contribution is 2.14. The van der Waals surface area contributed by atoms with Crippen LogP contribution in [0.5, 0.6) is 0 Å². The lowest BCUT2D eigenvalue weighted by Gasteiger charge is -2.22. The fourth-order valence-electron chi connectivity index (χ4n) is 1.50. The molecule has 86 valence electrons. The van der Waals surface area contributed by atoms with Crippen LogP contribution in [0.2, 0.25) is 0 Å². The maximum atomic E-state index is 11.3. The molecule has 4 heteroatoms. The second-order valence-corrected chi connectivity index (χ2v) is 3.82. The third-order valence-corrected chi connectivity index (χ3v) is 2.53. The highest BCUT2D eigenvalue weighted by Gasteiger charge is 2.18. The van der Waals surface area contributed by atoms with Crippen molar-refractivity contribution in [2.24, 2.45) is 11.7 Å². The molecule has 0 aromatic heterocycles. The van der Waals surface area contributed by atoms with Crippen LogP contribution in [0.3, 0.4) is 0 Å². The number of carbonyl (C=O) groups excluding carboxylic acids is 1. The minimum absolute atomic E-state index is 0.332. The molecule has 0 aromatic rings. The fourth-order valence-corrected chi connectivity index (χ4v) is 1.50. The van der Waals surface area contributed by atoms with Gasteiger partial charge in [-0.3, -0.25) is 4.79 Å². The number of carbonyl (C=O) groups is 1. The second-order valence-electron chi connectivity index (χ2n) is 3.82. The van der Waals surface area contributed by atoms with Crippen LogP contribution in [0, 0.1) is 5.92 Å². The molecule has 0 aliphatic carbocycles. The highest BCUT2D eigenvalue weighted by atomic mass is 16.5. The van der Waals surface area contributed by atoms with E-state index in [2.05, 4.69) is 6.58 Å². The van der Waals surface area contributed by atoms with Gasteiger partial charge in [-0.2, -0.15) is 0 Å². The zero-order valence-corrected chi connectivity index (χ0v) is 8.98. The van der Waals surface area contributed by atoms with Crippen molar-refractivity contribution < 1.29 is 14.3 Å². The standard InChI is InChI=1S/C11H19NO3/c1-2-3-10(12)11(13)15-8-9-4-6-14-7-5-9/h2,9-10H,1,3-8,12H2. The van der Waals surface area contributed by atoms with E-state index in [4.69, 9.17) is 15.2 Å². The average Bonchev–Trinajstić information content (AvgIpc) is 2.27. The summed E-state index contributed by atoms with van der Waals surface area (Å²) in [4.78, 5) is 11.3. The maximum Gasteiger partial charge on any atom is 0.323 e. The molecule has 1 atom stereocenters. The molecule has 1 fully saturated rings. The largest absolute Gasteiger partial charge is 0.464 e. The molecule has 1 aliphatic rings. The molecule has 0 amide bonds. The lowest BCUT2D eigenvalue weighted by molar-refractivity contribution is -0.147. The number of esters is 1. The van der Waals surface area contributed by atoms with Crippen molar-refractivity contribution in [3.05, 3.63) is 12.7 Å². The summed E-state index contributed by atoms with van der Waals surface area (Å²) in [6, 6.07) is -0.567. The lowest BCUT2D eigenvalue weighted by Crippen LogP contribution is -2.33. The molecule has 0 radical (unpaired) electrons. The van der Waals surface area contributed by atoms with Crippen molar-refractivity contribution in [1.29, 1.82) is 0 Å². The number of rotatable bonds is 5. The van der Waals surface area contributed by atoms with Crippen LogP contribution in [-0.2, 0) is 14.3 Å². The van der Waals surface area contributed by atoms with Crippen LogP contribution in [0.1, 0.15) is 19.3 Å². The molecule has 2 N–H and O–H groups in total. The Morgan fingerprint density at radius 3 is 2.87 bits per heavy atom. The summed E-state index contributed by atoms with van der Waals surface area (Å²) < 4.78 is 10.3. The predicted octanol–water partition coefficient (Wildman–Crippen LogP) is 0.860. The zero-order chi connectivity index (χ0) is 11.1. The molecule has 15 heavy (non-hydrogen) atoms. The first-order valence-corrected chi connectivity index (χ1v) is 5.35. The second kappa shape index (κ2) is 6.58. The summed E-state index contributed by atoms with van der Waals surface area (Å²) in [5, 5.41) is 0. The summed E-state index contributed by atoms with van der Waals surface area (Å²) in [7, 11) is 0. The van der Waals surface area contributed by atoms with Crippen molar-refractivity contribution >= 4 is 5.97 Å². The van der Waals surface area contributed by atoms with Gasteiger partial charge in [0.25, 0.3) is 0 Å². The first-order chi connectivity index (χ1) is 7.24. The fraction of sp³-hybridized carbons (Fsp3) is 0.727. The number of hydrogen-bond acceptors (Lipinski definition) is 4. The summed E-state index contributed by atoms with van der Waals surface area (Å²) in [6.45, 7) is 5.52. The van der Waals surface area contributed by atoms with Crippen LogP contribution >= 0.6 is 0 Å². The Morgan fingerprint density at radius 1 is 1.60 bits per heavy atom. The van der Waals surface area contributed by atoms with E-state index < -0.39 is 6.04 Å². The van der Waals surface area contributed by atoms with E-state index >= 15 is 0 Å². The van der Waals surface area contributed by atoms with Crippen molar-refractivity contribution in [3.8, 4) is 0 Å². The van der Waals surface area contributed by atoms with E-state index in [9.17, 15) is 4.79 Å². The summed E-state index contributed by atoms with van der Waals surface area (Å²) in [5.74, 6) is 0.0972. The van der Waals surface area contributed by atoms with E-state index in [0.29, 0.717) is 18.9 Å². The van der Waals surface area contributed by atoms with Crippen molar-refractivity contribution in [1.82, 2.24) is 0 Å². The molecule has 0 saturated carbocycles. The minimum atomic E-state index is -0.567. The van der Waals surface area contributed by atoms with E-state index in [1.165, 1.54) is 0 Å². The molecule has 1 unspecified atom stereocenters. The van der Waals surface area contributed by atoms with Gasteiger partial charge in [0, 0.05) is 13.2 Å². The molecule has 4 nitrogen and oxygen atoms in total. The lowest BCUT2D eigenvalue weighted by atomic mass is 10.0. The molecule has 0 bridgehead atoms. The monoisotopic (exact) mass is 213 g/mol.